The second-order valence-corrected chi connectivity index (χ2v) is 6.41. The van der Waals surface area contributed by atoms with Crippen LogP contribution in [0.5, 0.6) is 0 Å². The van der Waals surface area contributed by atoms with E-state index in [1.54, 1.807) is 0 Å². The first kappa shape index (κ1) is 14.9. The first-order chi connectivity index (χ1) is 7.89. The van der Waals surface area contributed by atoms with Crippen molar-refractivity contribution in [3.63, 3.8) is 0 Å². The van der Waals surface area contributed by atoms with Gasteiger partial charge >= 0.3 is 0 Å². The smallest absolute Gasteiger partial charge is 0.0746 e. The Labute approximate surface area is 106 Å². The molecule has 3 unspecified atom stereocenters. The van der Waals surface area contributed by atoms with Gasteiger partial charge in [0.2, 0.25) is 0 Å². The molecule has 1 fully saturated rings. The van der Waals surface area contributed by atoms with Crippen LogP contribution in [0.4, 0.5) is 0 Å². The fraction of sp³-hybridized carbons (Fsp3) is 1.00. The van der Waals surface area contributed by atoms with Crippen molar-refractivity contribution < 1.29 is 5.11 Å². The van der Waals surface area contributed by atoms with Crippen LogP contribution in [0.2, 0.25) is 0 Å². The summed E-state index contributed by atoms with van der Waals surface area (Å²) in [6, 6.07) is 1.15. The average molecular weight is 242 g/mol. The molecule has 0 aliphatic carbocycles. The summed E-state index contributed by atoms with van der Waals surface area (Å²) in [5.41, 5.74) is -0.578. The first-order valence-corrected chi connectivity index (χ1v) is 7.08. The fourth-order valence-electron chi connectivity index (χ4n) is 2.81. The molecule has 0 amide bonds. The largest absolute Gasteiger partial charge is 0.389 e. The predicted octanol–water partition coefficient (Wildman–Crippen LogP) is 1.90. The highest BCUT2D eigenvalue weighted by Gasteiger charge is 2.23. The standard InChI is InChI=1S/C14H30N2O/c1-11(2)9-14(4,17)10-16-12(3)8-13-6-5-7-15-13/h11-13,15-17H,5-10H2,1-4H3. The van der Waals surface area contributed by atoms with Gasteiger partial charge in [-0.25, -0.2) is 0 Å². The predicted molar refractivity (Wildman–Crippen MR) is 73.2 cm³/mol. The minimum atomic E-state index is -0.578. The van der Waals surface area contributed by atoms with Crippen molar-refractivity contribution >= 4 is 0 Å². The maximum Gasteiger partial charge on any atom is 0.0746 e. The third kappa shape index (κ3) is 6.39. The number of aliphatic hydroxyl groups is 1. The zero-order chi connectivity index (χ0) is 12.9. The van der Waals surface area contributed by atoms with Crippen LogP contribution in [0.1, 0.15) is 53.4 Å². The molecule has 102 valence electrons. The molecule has 3 atom stereocenters. The van der Waals surface area contributed by atoms with Gasteiger partial charge in [0.25, 0.3) is 0 Å². The first-order valence-electron chi connectivity index (χ1n) is 7.08. The summed E-state index contributed by atoms with van der Waals surface area (Å²) in [5.74, 6) is 0.540. The lowest BCUT2D eigenvalue weighted by molar-refractivity contribution is 0.0359. The van der Waals surface area contributed by atoms with Crippen molar-refractivity contribution in [2.24, 2.45) is 5.92 Å². The lowest BCUT2D eigenvalue weighted by Gasteiger charge is -2.28. The van der Waals surface area contributed by atoms with E-state index < -0.39 is 5.60 Å². The molecule has 0 spiro atoms. The van der Waals surface area contributed by atoms with Crippen LogP contribution in [-0.4, -0.2) is 35.9 Å². The Hall–Kier alpha value is -0.120. The molecule has 0 aromatic rings. The highest BCUT2D eigenvalue weighted by Crippen LogP contribution is 2.16. The van der Waals surface area contributed by atoms with Gasteiger partial charge < -0.3 is 15.7 Å². The van der Waals surface area contributed by atoms with E-state index in [1.807, 2.05) is 6.92 Å². The second-order valence-electron chi connectivity index (χ2n) is 6.41. The molecule has 0 radical (unpaired) electrons. The maximum absolute atomic E-state index is 10.2. The third-order valence-corrected chi connectivity index (χ3v) is 3.48. The quantitative estimate of drug-likeness (QED) is 0.639. The molecule has 1 heterocycles. The number of rotatable bonds is 7. The Morgan fingerprint density at radius 1 is 1.41 bits per heavy atom. The van der Waals surface area contributed by atoms with Gasteiger partial charge in [-0.15, -0.1) is 0 Å². The zero-order valence-corrected chi connectivity index (χ0v) is 11.9. The summed E-state index contributed by atoms with van der Waals surface area (Å²) in [5, 5.41) is 17.2. The molecule has 0 bridgehead atoms. The van der Waals surface area contributed by atoms with Gasteiger partial charge in [-0.1, -0.05) is 13.8 Å². The van der Waals surface area contributed by atoms with Crippen LogP contribution in [0.15, 0.2) is 0 Å². The molecule has 1 aliphatic rings. The summed E-state index contributed by atoms with van der Waals surface area (Å²) < 4.78 is 0. The Bertz CT molecular complexity index is 210. The molecule has 1 aliphatic heterocycles. The van der Waals surface area contributed by atoms with E-state index in [4.69, 9.17) is 0 Å². The van der Waals surface area contributed by atoms with Crippen molar-refractivity contribution in [3.8, 4) is 0 Å². The molecule has 3 heteroatoms. The Morgan fingerprint density at radius 2 is 2.12 bits per heavy atom. The molecule has 1 saturated heterocycles. The Balaban J connectivity index is 2.19. The molecule has 0 aromatic carbocycles. The normalized spacial score (nSPS) is 26.1. The molecule has 17 heavy (non-hydrogen) atoms. The topological polar surface area (TPSA) is 44.3 Å². The number of hydrogen-bond acceptors (Lipinski definition) is 3. The van der Waals surface area contributed by atoms with Crippen molar-refractivity contribution in [1.29, 1.82) is 0 Å². The summed E-state index contributed by atoms with van der Waals surface area (Å²) in [6.45, 7) is 10.3. The summed E-state index contributed by atoms with van der Waals surface area (Å²) >= 11 is 0. The zero-order valence-electron chi connectivity index (χ0n) is 11.9. The minimum Gasteiger partial charge on any atom is -0.389 e. The second kappa shape index (κ2) is 6.72. The lowest BCUT2D eigenvalue weighted by atomic mass is 9.94. The molecular weight excluding hydrogens is 212 g/mol. The van der Waals surface area contributed by atoms with E-state index >= 15 is 0 Å². The average Bonchev–Trinajstić information content (AvgIpc) is 2.65. The van der Waals surface area contributed by atoms with Crippen LogP contribution in [-0.2, 0) is 0 Å². The van der Waals surface area contributed by atoms with Gasteiger partial charge in [0.05, 0.1) is 5.60 Å². The molecule has 0 saturated carbocycles. The van der Waals surface area contributed by atoms with E-state index in [1.165, 1.54) is 19.4 Å². The summed E-state index contributed by atoms with van der Waals surface area (Å²) in [4.78, 5) is 0. The van der Waals surface area contributed by atoms with Crippen LogP contribution in [0.25, 0.3) is 0 Å². The van der Waals surface area contributed by atoms with Crippen molar-refractivity contribution in [1.82, 2.24) is 10.6 Å². The van der Waals surface area contributed by atoms with Gasteiger partial charge in [-0.3, -0.25) is 0 Å². The van der Waals surface area contributed by atoms with Gasteiger partial charge in [-0.05, 0) is 52.0 Å². The van der Waals surface area contributed by atoms with E-state index in [-0.39, 0.29) is 0 Å². The SMILES string of the molecule is CC(C)CC(C)(O)CNC(C)CC1CCCN1. The molecule has 1 rings (SSSR count). The van der Waals surface area contributed by atoms with Crippen LogP contribution < -0.4 is 10.6 Å². The summed E-state index contributed by atoms with van der Waals surface area (Å²) in [7, 11) is 0. The fourth-order valence-corrected chi connectivity index (χ4v) is 2.81. The van der Waals surface area contributed by atoms with Crippen molar-refractivity contribution in [3.05, 3.63) is 0 Å². The van der Waals surface area contributed by atoms with E-state index in [9.17, 15) is 5.11 Å². The van der Waals surface area contributed by atoms with Gasteiger partial charge in [0, 0.05) is 18.6 Å². The third-order valence-electron chi connectivity index (χ3n) is 3.48. The molecule has 0 aromatic heterocycles. The van der Waals surface area contributed by atoms with Gasteiger partial charge in [-0.2, -0.15) is 0 Å². The minimum absolute atomic E-state index is 0.476. The number of nitrogens with one attached hydrogen (secondary N) is 2. The van der Waals surface area contributed by atoms with E-state index in [0.29, 0.717) is 24.5 Å². The van der Waals surface area contributed by atoms with Crippen LogP contribution in [0.3, 0.4) is 0 Å². The van der Waals surface area contributed by atoms with Gasteiger partial charge in [0.15, 0.2) is 0 Å². The highest BCUT2D eigenvalue weighted by atomic mass is 16.3. The van der Waals surface area contributed by atoms with Gasteiger partial charge in [0.1, 0.15) is 0 Å². The van der Waals surface area contributed by atoms with E-state index in [0.717, 1.165) is 12.8 Å². The molecule has 3 nitrogen and oxygen atoms in total. The summed E-state index contributed by atoms with van der Waals surface area (Å²) in [6.07, 6.45) is 4.63. The monoisotopic (exact) mass is 242 g/mol. The van der Waals surface area contributed by atoms with Crippen molar-refractivity contribution in [2.45, 2.75) is 71.1 Å². The highest BCUT2D eigenvalue weighted by molar-refractivity contribution is 4.82. The van der Waals surface area contributed by atoms with Crippen molar-refractivity contribution in [2.75, 3.05) is 13.1 Å². The maximum atomic E-state index is 10.2. The van der Waals surface area contributed by atoms with E-state index in [2.05, 4.69) is 31.4 Å². The Kier molecular flexibility index (Phi) is 5.90. The Morgan fingerprint density at radius 3 is 2.65 bits per heavy atom. The lowest BCUT2D eigenvalue weighted by Crippen LogP contribution is -2.44. The van der Waals surface area contributed by atoms with Crippen LogP contribution >= 0.6 is 0 Å². The van der Waals surface area contributed by atoms with Crippen LogP contribution in [0, 0.1) is 5.92 Å². The molecule has 3 N–H and O–H groups in total. The number of hydrogen-bond donors (Lipinski definition) is 3. The molecular formula is C14H30N2O.